The zero-order valence-electron chi connectivity index (χ0n) is 11.5. The molecule has 0 aliphatic heterocycles. The van der Waals surface area contributed by atoms with Crippen molar-refractivity contribution < 1.29 is 9.90 Å². The Morgan fingerprint density at radius 2 is 2.00 bits per heavy atom. The first kappa shape index (κ1) is 13.9. The van der Waals surface area contributed by atoms with Crippen LogP contribution in [0.25, 0.3) is 0 Å². The number of phenols is 1. The average Bonchev–Trinajstić information content (AvgIpc) is 2.82. The van der Waals surface area contributed by atoms with Crippen molar-refractivity contribution in [3.8, 4) is 5.75 Å². The predicted octanol–water partition coefficient (Wildman–Crippen LogP) is 1.81. The van der Waals surface area contributed by atoms with Gasteiger partial charge < -0.3 is 9.67 Å². The number of aromatic hydroxyl groups is 1. The first-order valence-corrected chi connectivity index (χ1v) is 6.29. The SMILES string of the molecule is C/C(=N\NC(=O)Cc1cccn1C)c1ccc(O)cc1. The van der Waals surface area contributed by atoms with Gasteiger partial charge in [0.2, 0.25) is 5.91 Å². The molecule has 0 bridgehead atoms. The molecule has 0 spiro atoms. The second kappa shape index (κ2) is 6.06. The van der Waals surface area contributed by atoms with E-state index in [4.69, 9.17) is 0 Å². The third-order valence-corrected chi connectivity index (χ3v) is 3.03. The normalized spacial score (nSPS) is 11.4. The van der Waals surface area contributed by atoms with E-state index in [0.29, 0.717) is 5.71 Å². The highest BCUT2D eigenvalue weighted by atomic mass is 16.3. The van der Waals surface area contributed by atoms with E-state index in [9.17, 15) is 9.90 Å². The van der Waals surface area contributed by atoms with E-state index < -0.39 is 0 Å². The van der Waals surface area contributed by atoms with Gasteiger partial charge in [0.25, 0.3) is 0 Å². The van der Waals surface area contributed by atoms with Crippen LogP contribution in [0.1, 0.15) is 18.2 Å². The Morgan fingerprint density at radius 3 is 2.60 bits per heavy atom. The molecule has 2 rings (SSSR count). The number of aryl methyl sites for hydroxylation is 1. The fourth-order valence-electron chi connectivity index (χ4n) is 1.80. The number of nitrogens with one attached hydrogen (secondary N) is 1. The number of hydrogen-bond donors (Lipinski definition) is 2. The van der Waals surface area contributed by atoms with Crippen LogP contribution in [-0.4, -0.2) is 21.3 Å². The van der Waals surface area contributed by atoms with Gasteiger partial charge in [-0.2, -0.15) is 5.10 Å². The van der Waals surface area contributed by atoms with E-state index in [1.165, 1.54) is 0 Å². The van der Waals surface area contributed by atoms with E-state index in [-0.39, 0.29) is 18.1 Å². The molecule has 0 aliphatic carbocycles. The molecule has 0 unspecified atom stereocenters. The number of hydrogen-bond acceptors (Lipinski definition) is 3. The summed E-state index contributed by atoms with van der Waals surface area (Å²) in [4.78, 5) is 11.8. The van der Waals surface area contributed by atoms with E-state index in [1.807, 2.05) is 29.9 Å². The van der Waals surface area contributed by atoms with Gasteiger partial charge in [0.15, 0.2) is 0 Å². The van der Waals surface area contributed by atoms with Crippen LogP contribution in [0.2, 0.25) is 0 Å². The average molecular weight is 271 g/mol. The fourth-order valence-corrected chi connectivity index (χ4v) is 1.80. The molecular formula is C15H17N3O2. The monoisotopic (exact) mass is 271 g/mol. The van der Waals surface area contributed by atoms with Gasteiger partial charge in [0, 0.05) is 18.9 Å². The molecule has 5 nitrogen and oxygen atoms in total. The van der Waals surface area contributed by atoms with Gasteiger partial charge in [-0.1, -0.05) is 0 Å². The van der Waals surface area contributed by atoms with Crippen molar-refractivity contribution in [2.24, 2.45) is 12.1 Å². The summed E-state index contributed by atoms with van der Waals surface area (Å²) < 4.78 is 1.90. The number of hydrazone groups is 1. The molecule has 1 aromatic carbocycles. The van der Waals surface area contributed by atoms with Gasteiger partial charge in [0.1, 0.15) is 5.75 Å². The number of amides is 1. The van der Waals surface area contributed by atoms with E-state index in [1.54, 1.807) is 31.2 Å². The number of rotatable bonds is 4. The summed E-state index contributed by atoms with van der Waals surface area (Å²) in [5.74, 6) is 0.0409. The largest absolute Gasteiger partial charge is 0.508 e. The van der Waals surface area contributed by atoms with Crippen LogP contribution < -0.4 is 5.43 Å². The van der Waals surface area contributed by atoms with Crippen LogP contribution in [0.4, 0.5) is 0 Å². The second-order valence-electron chi connectivity index (χ2n) is 4.57. The Hall–Kier alpha value is -2.56. The molecule has 1 heterocycles. The van der Waals surface area contributed by atoms with E-state index >= 15 is 0 Å². The maximum atomic E-state index is 11.8. The Morgan fingerprint density at radius 1 is 1.30 bits per heavy atom. The molecule has 0 aliphatic rings. The minimum absolute atomic E-state index is 0.162. The molecule has 2 N–H and O–H groups in total. The van der Waals surface area contributed by atoms with Gasteiger partial charge >= 0.3 is 0 Å². The number of benzene rings is 1. The molecule has 2 aromatic rings. The van der Waals surface area contributed by atoms with E-state index in [2.05, 4.69) is 10.5 Å². The Balaban J connectivity index is 1.96. The van der Waals surface area contributed by atoms with Gasteiger partial charge in [-0.25, -0.2) is 5.43 Å². The summed E-state index contributed by atoms with van der Waals surface area (Å²) in [6.07, 6.45) is 2.18. The van der Waals surface area contributed by atoms with Crippen LogP contribution in [0.3, 0.4) is 0 Å². The van der Waals surface area contributed by atoms with Crippen molar-refractivity contribution in [2.45, 2.75) is 13.3 Å². The van der Waals surface area contributed by atoms with Crippen molar-refractivity contribution >= 4 is 11.6 Å². The summed E-state index contributed by atoms with van der Waals surface area (Å²) in [7, 11) is 1.90. The summed E-state index contributed by atoms with van der Waals surface area (Å²) in [6, 6.07) is 10.5. The molecule has 0 radical (unpaired) electrons. The van der Waals surface area contributed by atoms with Crippen LogP contribution >= 0.6 is 0 Å². The van der Waals surface area contributed by atoms with Gasteiger partial charge in [-0.05, 0) is 48.9 Å². The quantitative estimate of drug-likeness (QED) is 0.658. The third kappa shape index (κ3) is 3.47. The number of phenolic OH excluding ortho intramolecular Hbond substituents is 1. The highest BCUT2D eigenvalue weighted by molar-refractivity contribution is 5.99. The molecule has 1 aromatic heterocycles. The number of nitrogens with zero attached hydrogens (tertiary/aromatic N) is 2. The Bertz CT molecular complexity index is 627. The van der Waals surface area contributed by atoms with Crippen molar-refractivity contribution in [3.05, 3.63) is 53.9 Å². The van der Waals surface area contributed by atoms with Crippen molar-refractivity contribution in [1.29, 1.82) is 0 Å². The lowest BCUT2D eigenvalue weighted by Crippen LogP contribution is -2.22. The maximum Gasteiger partial charge on any atom is 0.246 e. The van der Waals surface area contributed by atoms with Crippen molar-refractivity contribution in [2.75, 3.05) is 0 Å². The molecule has 0 atom stereocenters. The molecule has 0 saturated carbocycles. The first-order valence-electron chi connectivity index (χ1n) is 6.29. The van der Waals surface area contributed by atoms with Gasteiger partial charge in [-0.15, -0.1) is 0 Å². The second-order valence-corrected chi connectivity index (χ2v) is 4.57. The highest BCUT2D eigenvalue weighted by Crippen LogP contribution is 2.10. The number of aromatic nitrogens is 1. The standard InChI is InChI=1S/C15H17N3O2/c1-11(12-5-7-14(19)8-6-12)16-17-15(20)10-13-4-3-9-18(13)2/h3-9,19H,10H2,1-2H3,(H,17,20)/b16-11+. The minimum atomic E-state index is -0.162. The maximum absolute atomic E-state index is 11.8. The van der Waals surface area contributed by atoms with Gasteiger partial charge in [-0.3, -0.25) is 4.79 Å². The zero-order chi connectivity index (χ0) is 14.5. The van der Waals surface area contributed by atoms with Crippen molar-refractivity contribution in [1.82, 2.24) is 9.99 Å². The highest BCUT2D eigenvalue weighted by Gasteiger charge is 2.05. The lowest BCUT2D eigenvalue weighted by Gasteiger charge is -2.04. The fraction of sp³-hybridized carbons (Fsp3) is 0.200. The Kier molecular flexibility index (Phi) is 4.20. The zero-order valence-corrected chi connectivity index (χ0v) is 11.5. The molecule has 20 heavy (non-hydrogen) atoms. The minimum Gasteiger partial charge on any atom is -0.508 e. The summed E-state index contributed by atoms with van der Waals surface area (Å²) in [5.41, 5.74) is 5.00. The number of carbonyl (C=O) groups is 1. The Labute approximate surface area is 117 Å². The summed E-state index contributed by atoms with van der Waals surface area (Å²) in [6.45, 7) is 1.80. The molecule has 5 heteroatoms. The van der Waals surface area contributed by atoms with Crippen LogP contribution in [0.5, 0.6) is 5.75 Å². The van der Waals surface area contributed by atoms with Crippen LogP contribution in [0, 0.1) is 0 Å². The predicted molar refractivity (Wildman–Crippen MR) is 77.6 cm³/mol. The molecule has 0 saturated heterocycles. The first-order chi connectivity index (χ1) is 9.56. The summed E-state index contributed by atoms with van der Waals surface area (Å²) in [5, 5.41) is 13.3. The molecule has 1 amide bonds. The lowest BCUT2D eigenvalue weighted by atomic mass is 10.1. The number of carbonyl (C=O) groups excluding carboxylic acids is 1. The topological polar surface area (TPSA) is 66.6 Å². The smallest absolute Gasteiger partial charge is 0.246 e. The van der Waals surface area contributed by atoms with E-state index in [0.717, 1.165) is 11.3 Å². The third-order valence-electron chi connectivity index (χ3n) is 3.03. The van der Waals surface area contributed by atoms with Crippen molar-refractivity contribution in [3.63, 3.8) is 0 Å². The lowest BCUT2D eigenvalue weighted by molar-refractivity contribution is -0.120. The summed E-state index contributed by atoms with van der Waals surface area (Å²) >= 11 is 0. The van der Waals surface area contributed by atoms with Gasteiger partial charge in [0.05, 0.1) is 12.1 Å². The molecule has 0 fully saturated rings. The molecular weight excluding hydrogens is 254 g/mol. The van der Waals surface area contributed by atoms with Crippen LogP contribution in [0.15, 0.2) is 47.7 Å². The van der Waals surface area contributed by atoms with Crippen LogP contribution in [-0.2, 0) is 18.3 Å². The molecule has 104 valence electrons.